The number of thiophene rings is 1. The minimum atomic E-state index is 0.223. The highest BCUT2D eigenvalue weighted by atomic mass is 35.5. The van der Waals surface area contributed by atoms with Gasteiger partial charge in [-0.3, -0.25) is 0 Å². The molecule has 2 heterocycles. The maximum absolute atomic E-state index is 5.95. The number of rotatable bonds is 3. The van der Waals surface area contributed by atoms with Crippen molar-refractivity contribution in [2.24, 2.45) is 0 Å². The van der Waals surface area contributed by atoms with E-state index in [2.05, 4.69) is 9.97 Å². The molecule has 3 rings (SSSR count). The topological polar surface area (TPSA) is 61.0 Å². The lowest BCUT2D eigenvalue weighted by molar-refractivity contribution is 0.298. The number of nitrogens with two attached hydrogens (primary N) is 1. The molecule has 0 aliphatic carbocycles. The van der Waals surface area contributed by atoms with Gasteiger partial charge >= 0.3 is 0 Å². The fraction of sp³-hybridized carbons (Fsp3) is 0.143. The normalized spacial score (nSPS) is 10.9. The van der Waals surface area contributed by atoms with E-state index in [9.17, 15) is 0 Å². The summed E-state index contributed by atoms with van der Waals surface area (Å²) in [6.45, 7) is 2.41. The third kappa shape index (κ3) is 2.69. The van der Waals surface area contributed by atoms with E-state index in [0.717, 1.165) is 20.7 Å². The van der Waals surface area contributed by atoms with Gasteiger partial charge in [0, 0.05) is 9.90 Å². The molecule has 1 aromatic carbocycles. The van der Waals surface area contributed by atoms with Crippen molar-refractivity contribution in [1.29, 1.82) is 0 Å². The van der Waals surface area contributed by atoms with Crippen molar-refractivity contribution < 1.29 is 4.74 Å². The number of nitrogens with zero attached hydrogens (tertiary/aromatic N) is 2. The van der Waals surface area contributed by atoms with Crippen molar-refractivity contribution in [3.63, 3.8) is 0 Å². The number of halogens is 1. The Hall–Kier alpha value is -1.85. The molecule has 6 heteroatoms. The highest BCUT2D eigenvalue weighted by molar-refractivity contribution is 7.18. The average molecular weight is 306 g/mol. The van der Waals surface area contributed by atoms with Crippen molar-refractivity contribution in [1.82, 2.24) is 9.97 Å². The van der Waals surface area contributed by atoms with Crippen LogP contribution in [-0.2, 0) is 6.61 Å². The summed E-state index contributed by atoms with van der Waals surface area (Å²) < 4.78 is 5.77. The summed E-state index contributed by atoms with van der Waals surface area (Å²) in [7, 11) is 0. The van der Waals surface area contributed by atoms with Gasteiger partial charge in [0.1, 0.15) is 11.4 Å². The standard InChI is InChI=1S/C14H12ClN3OS/c1-8-5-11-12(17-14(16)18-13(11)20-8)19-7-9-3-2-4-10(15)6-9/h2-6H,7H2,1H3,(H2,16,17,18). The van der Waals surface area contributed by atoms with Crippen molar-refractivity contribution >= 4 is 39.1 Å². The van der Waals surface area contributed by atoms with Gasteiger partial charge in [0.05, 0.1) is 5.39 Å². The molecule has 0 bridgehead atoms. The monoisotopic (exact) mass is 305 g/mol. The van der Waals surface area contributed by atoms with Crippen molar-refractivity contribution in [2.75, 3.05) is 5.73 Å². The Morgan fingerprint density at radius 2 is 2.15 bits per heavy atom. The molecule has 2 N–H and O–H groups in total. The molecule has 0 saturated heterocycles. The molecule has 2 aromatic heterocycles. The quantitative estimate of drug-likeness (QED) is 0.799. The second kappa shape index (κ2) is 5.26. The van der Waals surface area contributed by atoms with Crippen LogP contribution < -0.4 is 10.5 Å². The number of anilines is 1. The van der Waals surface area contributed by atoms with Crippen LogP contribution in [0, 0.1) is 6.92 Å². The van der Waals surface area contributed by atoms with E-state index in [4.69, 9.17) is 22.1 Å². The zero-order valence-electron chi connectivity index (χ0n) is 10.8. The Kier molecular flexibility index (Phi) is 3.46. The summed E-state index contributed by atoms with van der Waals surface area (Å²) in [6, 6.07) is 9.54. The summed E-state index contributed by atoms with van der Waals surface area (Å²) >= 11 is 7.52. The second-order valence-corrected chi connectivity index (χ2v) is 6.05. The van der Waals surface area contributed by atoms with Crippen LogP contribution in [0.3, 0.4) is 0 Å². The van der Waals surface area contributed by atoms with E-state index >= 15 is 0 Å². The molecule has 0 atom stereocenters. The van der Waals surface area contributed by atoms with Gasteiger partial charge in [0.15, 0.2) is 0 Å². The Bertz CT molecular complexity index is 772. The molecule has 20 heavy (non-hydrogen) atoms. The van der Waals surface area contributed by atoms with E-state index in [1.165, 1.54) is 0 Å². The molecule has 0 spiro atoms. The van der Waals surface area contributed by atoms with Crippen LogP contribution in [0.25, 0.3) is 10.2 Å². The van der Waals surface area contributed by atoms with E-state index in [0.29, 0.717) is 17.5 Å². The number of fused-ring (bicyclic) bond motifs is 1. The second-order valence-electron chi connectivity index (χ2n) is 4.38. The van der Waals surface area contributed by atoms with Crippen LogP contribution in [0.1, 0.15) is 10.4 Å². The predicted octanol–water partition coefficient (Wildman–Crippen LogP) is 3.81. The Morgan fingerprint density at radius 3 is 2.95 bits per heavy atom. The third-order valence-corrected chi connectivity index (χ3v) is 3.94. The number of aromatic nitrogens is 2. The van der Waals surface area contributed by atoms with Gasteiger partial charge < -0.3 is 10.5 Å². The molecule has 0 radical (unpaired) electrons. The largest absolute Gasteiger partial charge is 0.472 e. The maximum Gasteiger partial charge on any atom is 0.227 e. The molecule has 0 amide bonds. The maximum atomic E-state index is 5.95. The third-order valence-electron chi connectivity index (χ3n) is 2.76. The summed E-state index contributed by atoms with van der Waals surface area (Å²) in [5, 5.41) is 1.58. The smallest absolute Gasteiger partial charge is 0.227 e. The molecule has 0 aliphatic heterocycles. The van der Waals surface area contributed by atoms with Crippen LogP contribution in [0.4, 0.5) is 5.95 Å². The molecule has 0 fully saturated rings. The Morgan fingerprint density at radius 1 is 1.30 bits per heavy atom. The number of aryl methyl sites for hydroxylation is 1. The molecule has 3 aromatic rings. The summed E-state index contributed by atoms with van der Waals surface area (Å²) in [4.78, 5) is 10.4. The fourth-order valence-corrected chi connectivity index (χ4v) is 3.01. The van der Waals surface area contributed by atoms with Crippen molar-refractivity contribution in [3.05, 3.63) is 45.8 Å². The van der Waals surface area contributed by atoms with E-state index < -0.39 is 0 Å². The summed E-state index contributed by atoms with van der Waals surface area (Å²) in [6.07, 6.45) is 0. The van der Waals surface area contributed by atoms with Gasteiger partial charge in [0.2, 0.25) is 11.8 Å². The fourth-order valence-electron chi connectivity index (χ4n) is 1.92. The minimum Gasteiger partial charge on any atom is -0.472 e. The van der Waals surface area contributed by atoms with E-state index in [-0.39, 0.29) is 5.95 Å². The summed E-state index contributed by atoms with van der Waals surface area (Å²) in [5.74, 6) is 0.734. The van der Waals surface area contributed by atoms with Gasteiger partial charge in [-0.1, -0.05) is 23.7 Å². The Labute approximate surface area is 125 Å². The highest BCUT2D eigenvalue weighted by Crippen LogP contribution is 2.30. The van der Waals surface area contributed by atoms with E-state index in [1.807, 2.05) is 37.3 Å². The van der Waals surface area contributed by atoms with Crippen molar-refractivity contribution in [2.45, 2.75) is 13.5 Å². The Balaban J connectivity index is 1.90. The molecule has 4 nitrogen and oxygen atoms in total. The zero-order chi connectivity index (χ0) is 14.1. The SMILES string of the molecule is Cc1cc2c(OCc3cccc(Cl)c3)nc(N)nc2s1. The van der Waals surface area contributed by atoms with Crippen LogP contribution in [-0.4, -0.2) is 9.97 Å². The van der Waals surface area contributed by atoms with Gasteiger partial charge in [-0.05, 0) is 30.7 Å². The molecular weight excluding hydrogens is 294 g/mol. The lowest BCUT2D eigenvalue weighted by Gasteiger charge is -2.07. The first-order valence-electron chi connectivity index (χ1n) is 6.03. The molecule has 102 valence electrons. The number of nitrogen functional groups attached to an aromatic ring is 1. The minimum absolute atomic E-state index is 0.223. The van der Waals surface area contributed by atoms with Gasteiger partial charge in [-0.25, -0.2) is 4.98 Å². The number of hydrogen-bond donors (Lipinski definition) is 1. The van der Waals surface area contributed by atoms with Crippen LogP contribution in [0.5, 0.6) is 5.88 Å². The molecule has 0 aliphatic rings. The van der Waals surface area contributed by atoms with Crippen LogP contribution in [0.2, 0.25) is 5.02 Å². The van der Waals surface area contributed by atoms with Crippen molar-refractivity contribution in [3.8, 4) is 5.88 Å². The first-order valence-corrected chi connectivity index (χ1v) is 7.22. The van der Waals surface area contributed by atoms with Crippen LogP contribution in [0.15, 0.2) is 30.3 Å². The highest BCUT2D eigenvalue weighted by Gasteiger charge is 2.10. The van der Waals surface area contributed by atoms with Gasteiger partial charge in [0.25, 0.3) is 0 Å². The molecule has 0 unspecified atom stereocenters. The predicted molar refractivity (Wildman–Crippen MR) is 82.3 cm³/mol. The first-order chi connectivity index (χ1) is 9.61. The average Bonchev–Trinajstić information content (AvgIpc) is 2.76. The van der Waals surface area contributed by atoms with E-state index in [1.54, 1.807) is 11.3 Å². The number of ether oxygens (including phenoxy) is 1. The number of hydrogen-bond acceptors (Lipinski definition) is 5. The van der Waals surface area contributed by atoms with Gasteiger partial charge in [-0.2, -0.15) is 4.98 Å². The molecule has 0 saturated carbocycles. The van der Waals surface area contributed by atoms with Gasteiger partial charge in [-0.15, -0.1) is 11.3 Å². The summed E-state index contributed by atoms with van der Waals surface area (Å²) in [5.41, 5.74) is 6.69. The zero-order valence-corrected chi connectivity index (χ0v) is 12.3. The lowest BCUT2D eigenvalue weighted by Crippen LogP contribution is -2.01. The molecular formula is C14H12ClN3OS. The lowest BCUT2D eigenvalue weighted by atomic mass is 10.2. The van der Waals surface area contributed by atoms with Crippen LogP contribution >= 0.6 is 22.9 Å². The number of benzene rings is 1. The first kappa shape index (κ1) is 13.1.